The molecule has 124 valence electrons. The Morgan fingerprint density at radius 2 is 2.27 bits per heavy atom. The number of urea groups is 1. The van der Waals surface area contributed by atoms with Gasteiger partial charge >= 0.3 is 12.0 Å². The maximum atomic E-state index is 12.0. The van der Waals surface area contributed by atoms with E-state index in [0.717, 1.165) is 6.54 Å². The molecule has 0 bridgehead atoms. The lowest BCUT2D eigenvalue weighted by Gasteiger charge is -2.16. The van der Waals surface area contributed by atoms with E-state index in [-0.39, 0.29) is 37.1 Å². The van der Waals surface area contributed by atoms with Gasteiger partial charge in [0.15, 0.2) is 5.92 Å². The second-order valence-corrected chi connectivity index (χ2v) is 4.39. The normalized spacial score (nSPS) is 14.0. The summed E-state index contributed by atoms with van der Waals surface area (Å²) in [4.78, 5) is 35.3. The average Bonchev–Trinajstić information content (AvgIpc) is 2.48. The van der Waals surface area contributed by atoms with Crippen LogP contribution in [0.2, 0.25) is 0 Å². The van der Waals surface area contributed by atoms with Crippen LogP contribution >= 0.6 is 0 Å². The van der Waals surface area contributed by atoms with Gasteiger partial charge in [0.2, 0.25) is 0 Å². The molecular weight excluding hydrogens is 410 g/mol. The van der Waals surface area contributed by atoms with E-state index in [4.69, 9.17) is 4.74 Å². The van der Waals surface area contributed by atoms with Gasteiger partial charge in [0.05, 0.1) is 31.0 Å². The number of esters is 1. The third kappa shape index (κ3) is 7.02. The van der Waals surface area contributed by atoms with E-state index in [0.29, 0.717) is 17.5 Å². The number of nitroso groups, excluding NO2 is 1. The highest BCUT2D eigenvalue weighted by atomic mass is 127. The number of alkyl halides is 1. The van der Waals surface area contributed by atoms with Crippen molar-refractivity contribution in [2.24, 2.45) is 5.29 Å². The van der Waals surface area contributed by atoms with Crippen molar-refractivity contribution >= 4 is 12.0 Å². The molecule has 0 spiro atoms. The molecule has 0 radical (unpaired) electrons. The summed E-state index contributed by atoms with van der Waals surface area (Å²) in [6, 6.07) is -0.830. The summed E-state index contributed by atoms with van der Waals surface area (Å²) >= 11 is 0. The predicted molar refractivity (Wildman–Crippen MR) is 72.7 cm³/mol. The van der Waals surface area contributed by atoms with Crippen LogP contribution in [0.15, 0.2) is 17.4 Å². The molecule has 0 saturated heterocycles. The Hall–Kier alpha value is -1.43. The van der Waals surface area contributed by atoms with Gasteiger partial charge in [-0.2, -0.15) is 5.01 Å². The Balaban J connectivity index is 0.00000441. The van der Waals surface area contributed by atoms with Crippen LogP contribution in [0.4, 0.5) is 9.18 Å². The number of nitrogens with one attached hydrogen (secondary N) is 1. The Morgan fingerprint density at radius 1 is 1.55 bits per heavy atom. The zero-order valence-corrected chi connectivity index (χ0v) is 14.3. The van der Waals surface area contributed by atoms with Crippen molar-refractivity contribution in [1.82, 2.24) is 15.2 Å². The van der Waals surface area contributed by atoms with Gasteiger partial charge in [0.1, 0.15) is 25.9 Å². The lowest BCUT2D eigenvalue weighted by atomic mass is 10.1. The highest BCUT2D eigenvalue weighted by Crippen LogP contribution is 2.11. The molecule has 1 heterocycles. The summed E-state index contributed by atoms with van der Waals surface area (Å²) in [5.74, 6) is 0.0740. The predicted octanol–water partition coefficient (Wildman–Crippen LogP) is -2.73. The van der Waals surface area contributed by atoms with E-state index in [1.165, 1.54) is 0 Å². The Bertz CT molecular complexity index is 411. The molecule has 1 aliphatic heterocycles. The van der Waals surface area contributed by atoms with E-state index in [1.807, 2.05) is 18.0 Å². The van der Waals surface area contributed by atoms with Crippen molar-refractivity contribution in [2.45, 2.75) is 0 Å². The van der Waals surface area contributed by atoms with Crippen molar-refractivity contribution in [3.8, 4) is 0 Å². The molecule has 1 rings (SSSR count). The highest BCUT2D eigenvalue weighted by Gasteiger charge is 2.30. The van der Waals surface area contributed by atoms with Crippen LogP contribution in [-0.2, 0) is 9.53 Å². The number of rotatable bonds is 7. The largest absolute Gasteiger partial charge is 1.00 e. The molecular formula is C12H18FIN4O4. The fraction of sp³-hybridized carbons (Fsp3) is 0.583. The van der Waals surface area contributed by atoms with Gasteiger partial charge in [-0.25, -0.2) is 14.0 Å². The van der Waals surface area contributed by atoms with E-state index in [2.05, 4.69) is 10.6 Å². The fourth-order valence-electron chi connectivity index (χ4n) is 1.66. The zero-order chi connectivity index (χ0) is 15.7. The standard InChI is InChI=1S/C12H17FN4O4.HI/c1-16-6-2-3-10(9-16)11(18)21-8-5-14-12(19)17(15-20)7-4-13;/h2-3H,4-9H2,1H3;1H. The van der Waals surface area contributed by atoms with Gasteiger partial charge in [-0.15, -0.1) is 4.91 Å². The van der Waals surface area contributed by atoms with E-state index in [1.54, 1.807) is 6.08 Å². The molecule has 0 fully saturated rings. The zero-order valence-electron chi connectivity index (χ0n) is 12.1. The summed E-state index contributed by atoms with van der Waals surface area (Å²) in [5, 5.41) is 5.10. The third-order valence-electron chi connectivity index (χ3n) is 2.68. The quantitative estimate of drug-likeness (QED) is 0.119. The van der Waals surface area contributed by atoms with E-state index < -0.39 is 25.2 Å². The average molecular weight is 428 g/mol. The van der Waals surface area contributed by atoms with E-state index >= 15 is 0 Å². The molecule has 0 saturated carbocycles. The molecule has 8 nitrogen and oxygen atoms in total. The van der Waals surface area contributed by atoms with Crippen LogP contribution in [0.25, 0.3) is 0 Å². The van der Waals surface area contributed by atoms with Crippen molar-refractivity contribution in [2.75, 3.05) is 46.5 Å². The lowest BCUT2D eigenvalue weighted by Crippen LogP contribution is -3.00. The fourth-order valence-corrected chi connectivity index (χ4v) is 1.66. The van der Waals surface area contributed by atoms with Gasteiger partial charge < -0.3 is 34.0 Å². The minimum Gasteiger partial charge on any atom is -1.00 e. The number of ether oxygens (including phenoxy) is 1. The number of likely N-dealkylation sites (N-methyl/N-ethyl adjacent to an activating group) is 1. The minimum absolute atomic E-state index is 0. The maximum absolute atomic E-state index is 12.0. The topological polar surface area (TPSA) is 91.3 Å². The molecule has 1 N–H and O–H groups in total. The van der Waals surface area contributed by atoms with Gasteiger partial charge in [-0.1, -0.05) is 0 Å². The first-order valence-electron chi connectivity index (χ1n) is 6.41. The number of carbonyl (C=O) groups excluding carboxylic acids is 2. The summed E-state index contributed by atoms with van der Waals surface area (Å²) in [7, 11) is 1.88. The Kier molecular flexibility index (Phi) is 10.5. The van der Waals surface area contributed by atoms with Gasteiger partial charge in [-0.3, -0.25) is 4.90 Å². The monoisotopic (exact) mass is 428 g/mol. The third-order valence-corrected chi connectivity index (χ3v) is 2.68. The number of amides is 2. The number of nitrogens with zero attached hydrogens (tertiary/aromatic N) is 3. The summed E-state index contributed by atoms with van der Waals surface area (Å²) in [6.45, 7) is -0.0445. The lowest BCUT2D eigenvalue weighted by molar-refractivity contribution is -0.141. The number of hydrogen-bond acceptors (Lipinski definition) is 6. The van der Waals surface area contributed by atoms with Crippen molar-refractivity contribution in [3.63, 3.8) is 0 Å². The molecule has 0 atom stereocenters. The van der Waals surface area contributed by atoms with E-state index in [9.17, 15) is 18.9 Å². The Morgan fingerprint density at radius 3 is 2.86 bits per heavy atom. The minimum atomic E-state index is -0.869. The highest BCUT2D eigenvalue weighted by molar-refractivity contribution is 5.88. The second kappa shape index (κ2) is 11.2. The molecule has 1 aliphatic rings. The van der Waals surface area contributed by atoms with Crippen LogP contribution in [0, 0.1) is 10.8 Å². The van der Waals surface area contributed by atoms with Gasteiger partial charge in [0, 0.05) is 0 Å². The van der Waals surface area contributed by atoms with Crippen LogP contribution in [0.1, 0.15) is 0 Å². The molecule has 10 heteroatoms. The number of hydrogen-bond donors (Lipinski definition) is 1. The summed E-state index contributed by atoms with van der Waals surface area (Å²) < 4.78 is 17.0. The number of carbonyl (C=O) groups is 2. The second-order valence-electron chi connectivity index (χ2n) is 4.39. The summed E-state index contributed by atoms with van der Waals surface area (Å²) in [5.41, 5.74) is 0. The van der Waals surface area contributed by atoms with Crippen LogP contribution in [-0.4, -0.2) is 68.4 Å². The van der Waals surface area contributed by atoms with Gasteiger partial charge in [-0.05, 0) is 7.05 Å². The molecule has 22 heavy (non-hydrogen) atoms. The smallest absolute Gasteiger partial charge is 0.420 e. The molecule has 0 aromatic rings. The molecule has 0 aliphatic carbocycles. The molecule has 0 unspecified atom stereocenters. The van der Waals surface area contributed by atoms with Crippen LogP contribution in [0.3, 0.4) is 0 Å². The molecule has 0 aromatic heterocycles. The van der Waals surface area contributed by atoms with Crippen molar-refractivity contribution in [3.05, 3.63) is 23.0 Å². The first-order chi connectivity index (χ1) is 10.1. The van der Waals surface area contributed by atoms with Crippen molar-refractivity contribution in [1.29, 1.82) is 0 Å². The van der Waals surface area contributed by atoms with Crippen LogP contribution in [0.5, 0.6) is 0 Å². The van der Waals surface area contributed by atoms with Crippen LogP contribution < -0.4 is 29.3 Å². The maximum Gasteiger partial charge on any atom is 0.420 e. The first kappa shape index (κ1) is 20.6. The van der Waals surface area contributed by atoms with Gasteiger partial charge in [0.25, 0.3) is 0 Å². The Labute approximate surface area is 145 Å². The summed E-state index contributed by atoms with van der Waals surface area (Å²) in [6.07, 6.45) is 3.56. The SMILES string of the molecule is CN1CC=C[C+](C(=O)OCCNC(=O)N(CCF)N=O)C1.[I-]. The number of halogens is 2. The van der Waals surface area contributed by atoms with Crippen molar-refractivity contribution < 1.29 is 42.7 Å². The first-order valence-corrected chi connectivity index (χ1v) is 6.41. The molecule has 0 aromatic carbocycles. The molecule has 2 amide bonds.